The number of hydrogen-bond acceptors (Lipinski definition) is 5. The molecule has 2 N–H and O–H groups in total. The van der Waals surface area contributed by atoms with Gasteiger partial charge in [0.05, 0.1) is 0 Å². The van der Waals surface area contributed by atoms with Crippen LogP contribution in [0.1, 0.15) is 36.0 Å². The molecule has 1 heterocycles. The van der Waals surface area contributed by atoms with Gasteiger partial charge in [0.15, 0.2) is 0 Å². The van der Waals surface area contributed by atoms with Crippen LogP contribution in [0.25, 0.3) is 0 Å². The van der Waals surface area contributed by atoms with Gasteiger partial charge in [-0.05, 0) is 60.6 Å². The van der Waals surface area contributed by atoms with Crippen molar-refractivity contribution in [2.24, 2.45) is 5.92 Å². The number of urea groups is 1. The molecular weight excluding hydrogens is 536 g/mol. The maximum Gasteiger partial charge on any atom is 0.418 e. The van der Waals surface area contributed by atoms with E-state index >= 15 is 0 Å². The predicted molar refractivity (Wildman–Crippen MR) is 132 cm³/mol. The zero-order valence-electron chi connectivity index (χ0n) is 21.4. The number of nitrogens with zero attached hydrogens (tertiary/aromatic N) is 2. The van der Waals surface area contributed by atoms with Gasteiger partial charge in [-0.3, -0.25) is 9.59 Å². The van der Waals surface area contributed by atoms with Crippen molar-refractivity contribution < 1.29 is 41.5 Å². The van der Waals surface area contributed by atoms with E-state index in [-0.39, 0.29) is 24.8 Å². The molecule has 2 fully saturated rings. The number of carbonyl (C=O) groups is 4. The second-order valence-corrected chi connectivity index (χ2v) is 10.1. The third-order valence-corrected chi connectivity index (χ3v) is 7.46. The van der Waals surface area contributed by atoms with E-state index in [0.717, 1.165) is 12.1 Å². The number of nitrogens with one attached hydrogen (secondary N) is 2. The van der Waals surface area contributed by atoms with Crippen LogP contribution in [0.3, 0.4) is 0 Å². The van der Waals surface area contributed by atoms with Crippen LogP contribution in [0.4, 0.5) is 32.8 Å². The Balaban J connectivity index is 1.39. The second-order valence-electron chi connectivity index (χ2n) is 10.1. The summed E-state index contributed by atoms with van der Waals surface area (Å²) in [5.74, 6) is -3.31. The molecular formula is C27H26F4N4O5. The lowest BCUT2D eigenvalue weighted by Crippen LogP contribution is -2.53. The van der Waals surface area contributed by atoms with Crippen LogP contribution in [-0.2, 0) is 32.9 Å². The van der Waals surface area contributed by atoms with Crippen LogP contribution in [0, 0.1) is 11.7 Å². The number of carbonyl (C=O) groups excluding carboxylic acids is 4. The number of imide groups is 1. The van der Waals surface area contributed by atoms with Crippen LogP contribution in [0.5, 0.6) is 0 Å². The highest BCUT2D eigenvalue weighted by Crippen LogP contribution is 2.47. The average molecular weight is 563 g/mol. The molecule has 40 heavy (non-hydrogen) atoms. The molecule has 2 atom stereocenters. The van der Waals surface area contributed by atoms with E-state index in [0.29, 0.717) is 33.0 Å². The van der Waals surface area contributed by atoms with Crippen molar-refractivity contribution in [2.75, 3.05) is 18.9 Å². The molecule has 2 aromatic rings. The standard InChI is InChI=1S/C27H26F4N4O5/c1-32-24(38)33-19-8-9-20-17(12-19)10-11-26(20)23(37)35(25(39)40-26)14-21(36)34(13-15-2-6-18(28)7-3-15)22(16-4-5-16)27(29,30)31/h2-3,6-9,12,16,22H,4-5,10-11,13-14H2,1H3,(H2,32,33,38)/t22-,26+/m1/s1. The summed E-state index contributed by atoms with van der Waals surface area (Å²) in [5, 5.41) is 5.03. The maximum absolute atomic E-state index is 14.1. The third-order valence-electron chi connectivity index (χ3n) is 7.46. The number of fused-ring (bicyclic) bond motifs is 2. The molecule has 9 nitrogen and oxygen atoms in total. The van der Waals surface area contributed by atoms with Crippen LogP contribution < -0.4 is 10.6 Å². The van der Waals surface area contributed by atoms with Gasteiger partial charge in [0, 0.05) is 31.3 Å². The molecule has 1 spiro atoms. The first-order valence-electron chi connectivity index (χ1n) is 12.7. The molecule has 0 bridgehead atoms. The number of amides is 5. The first-order valence-corrected chi connectivity index (χ1v) is 12.7. The normalized spacial score (nSPS) is 20.8. The minimum atomic E-state index is -4.75. The molecule has 0 radical (unpaired) electrons. The Morgan fingerprint density at radius 2 is 1.85 bits per heavy atom. The van der Waals surface area contributed by atoms with E-state index in [2.05, 4.69) is 10.6 Å². The Bertz CT molecular complexity index is 1360. The topological polar surface area (TPSA) is 108 Å². The van der Waals surface area contributed by atoms with E-state index in [1.165, 1.54) is 31.3 Å². The number of hydrogen-bond donors (Lipinski definition) is 2. The molecule has 2 aliphatic carbocycles. The zero-order valence-corrected chi connectivity index (χ0v) is 21.4. The second kappa shape index (κ2) is 10.1. The fourth-order valence-electron chi connectivity index (χ4n) is 5.39. The summed E-state index contributed by atoms with van der Waals surface area (Å²) in [6, 6.07) is 6.86. The Hall–Kier alpha value is -4.16. The van der Waals surface area contributed by atoms with Gasteiger partial charge >= 0.3 is 18.3 Å². The number of alkyl halides is 3. The quantitative estimate of drug-likeness (QED) is 0.495. The molecule has 0 unspecified atom stereocenters. The van der Waals surface area contributed by atoms with Crippen LogP contribution in [0.2, 0.25) is 0 Å². The van der Waals surface area contributed by atoms with Gasteiger partial charge in [-0.2, -0.15) is 13.2 Å². The van der Waals surface area contributed by atoms with Crippen molar-refractivity contribution in [3.8, 4) is 0 Å². The van der Waals surface area contributed by atoms with Gasteiger partial charge in [-0.15, -0.1) is 0 Å². The van der Waals surface area contributed by atoms with Crippen molar-refractivity contribution in [1.82, 2.24) is 15.1 Å². The summed E-state index contributed by atoms with van der Waals surface area (Å²) < 4.78 is 61.3. The van der Waals surface area contributed by atoms with E-state index in [4.69, 9.17) is 4.74 Å². The van der Waals surface area contributed by atoms with Crippen molar-refractivity contribution in [3.05, 3.63) is 65.0 Å². The Kier molecular flexibility index (Phi) is 6.92. The zero-order chi connectivity index (χ0) is 28.8. The highest BCUT2D eigenvalue weighted by molar-refractivity contribution is 6.06. The summed E-state index contributed by atoms with van der Waals surface area (Å²) in [6.45, 7) is -1.42. The molecule has 1 saturated heterocycles. The summed E-state index contributed by atoms with van der Waals surface area (Å²) in [4.78, 5) is 52.6. The van der Waals surface area contributed by atoms with E-state index < -0.39 is 66.6 Å². The first kappa shape index (κ1) is 27.4. The molecule has 13 heteroatoms. The van der Waals surface area contributed by atoms with Crippen LogP contribution >= 0.6 is 0 Å². The largest absolute Gasteiger partial charge is 0.427 e. The van der Waals surface area contributed by atoms with Crippen molar-refractivity contribution in [2.45, 2.75) is 50.0 Å². The number of benzene rings is 2. The van der Waals surface area contributed by atoms with Gasteiger partial charge in [0.2, 0.25) is 11.5 Å². The lowest BCUT2D eigenvalue weighted by atomic mass is 9.94. The van der Waals surface area contributed by atoms with Gasteiger partial charge in [-0.1, -0.05) is 18.2 Å². The minimum Gasteiger partial charge on any atom is -0.427 e. The molecule has 2 aromatic carbocycles. The fourth-order valence-corrected chi connectivity index (χ4v) is 5.39. The van der Waals surface area contributed by atoms with Gasteiger partial charge in [0.1, 0.15) is 18.4 Å². The molecule has 5 rings (SSSR count). The smallest absolute Gasteiger partial charge is 0.418 e. The SMILES string of the molecule is CNC(=O)Nc1ccc2c(c1)CC[C@]21OC(=O)N(CC(=O)N(Cc2ccc(F)cc2)[C@H](C2CC2)C(F)(F)F)C1=O. The maximum atomic E-state index is 14.1. The summed E-state index contributed by atoms with van der Waals surface area (Å²) in [6.07, 6.45) is -4.92. The van der Waals surface area contributed by atoms with Gasteiger partial charge in [-0.25, -0.2) is 18.9 Å². The predicted octanol–water partition coefficient (Wildman–Crippen LogP) is 4.07. The molecule has 212 valence electrons. The Morgan fingerprint density at radius 1 is 1.15 bits per heavy atom. The van der Waals surface area contributed by atoms with Gasteiger partial charge < -0.3 is 20.3 Å². The number of halogens is 4. The van der Waals surface area contributed by atoms with Crippen LogP contribution in [-0.4, -0.2) is 59.5 Å². The van der Waals surface area contributed by atoms with Crippen molar-refractivity contribution >= 4 is 29.6 Å². The first-order chi connectivity index (χ1) is 18.9. The molecule has 3 aliphatic rings. The number of ether oxygens (including phenoxy) is 1. The lowest BCUT2D eigenvalue weighted by molar-refractivity contribution is -0.196. The number of rotatable bonds is 7. The van der Waals surface area contributed by atoms with Gasteiger partial charge in [0.25, 0.3) is 5.91 Å². The highest BCUT2D eigenvalue weighted by Gasteiger charge is 2.59. The van der Waals surface area contributed by atoms with Crippen molar-refractivity contribution in [1.29, 1.82) is 0 Å². The summed E-state index contributed by atoms with van der Waals surface area (Å²) in [5.41, 5.74) is 0.0422. The number of anilines is 1. The minimum absolute atomic E-state index is 0.0770. The van der Waals surface area contributed by atoms with E-state index in [1.54, 1.807) is 6.07 Å². The fraction of sp³-hybridized carbons (Fsp3) is 0.407. The number of aryl methyl sites for hydroxylation is 1. The van der Waals surface area contributed by atoms with Crippen molar-refractivity contribution in [3.63, 3.8) is 0 Å². The molecule has 1 saturated carbocycles. The highest BCUT2D eigenvalue weighted by atomic mass is 19.4. The molecule has 1 aliphatic heterocycles. The van der Waals surface area contributed by atoms with E-state index in [1.807, 2.05) is 0 Å². The Labute approximate surface area is 226 Å². The summed E-state index contributed by atoms with van der Waals surface area (Å²) >= 11 is 0. The summed E-state index contributed by atoms with van der Waals surface area (Å²) in [7, 11) is 1.45. The van der Waals surface area contributed by atoms with Crippen LogP contribution in [0.15, 0.2) is 42.5 Å². The monoisotopic (exact) mass is 562 g/mol. The average Bonchev–Trinajstić information content (AvgIpc) is 3.62. The molecule has 0 aromatic heterocycles. The molecule has 5 amide bonds. The van der Waals surface area contributed by atoms with E-state index in [9.17, 15) is 36.7 Å². The Morgan fingerprint density at radius 3 is 2.48 bits per heavy atom. The third kappa shape index (κ3) is 5.07. The lowest BCUT2D eigenvalue weighted by Gasteiger charge is -2.34.